The van der Waals surface area contributed by atoms with Gasteiger partial charge >= 0.3 is 0 Å². The van der Waals surface area contributed by atoms with Crippen LogP contribution in [0.25, 0.3) is 22.0 Å². The third-order valence-corrected chi connectivity index (χ3v) is 5.69. The highest BCUT2D eigenvalue weighted by atomic mass is 19.1. The van der Waals surface area contributed by atoms with E-state index in [9.17, 15) is 9.18 Å². The van der Waals surface area contributed by atoms with E-state index in [1.54, 1.807) is 18.3 Å². The second-order valence-electron chi connectivity index (χ2n) is 8.00. The SMILES string of the molecule is CN1CCC(c2nc(C(=O)Nc3cc4cc(-c5cncc(F)c5)ccc4nn3)co2)CC1. The fourth-order valence-corrected chi connectivity index (χ4v) is 3.87. The van der Waals surface area contributed by atoms with Gasteiger partial charge in [0.2, 0.25) is 0 Å². The Balaban J connectivity index is 1.34. The summed E-state index contributed by atoms with van der Waals surface area (Å²) in [7, 11) is 2.09. The van der Waals surface area contributed by atoms with E-state index in [2.05, 4.69) is 37.4 Å². The third-order valence-electron chi connectivity index (χ3n) is 5.69. The molecule has 0 atom stereocenters. The van der Waals surface area contributed by atoms with Crippen molar-refractivity contribution in [3.63, 3.8) is 0 Å². The van der Waals surface area contributed by atoms with E-state index in [1.165, 1.54) is 12.3 Å². The zero-order valence-corrected chi connectivity index (χ0v) is 17.5. The van der Waals surface area contributed by atoms with E-state index in [0.29, 0.717) is 22.8 Å². The lowest BCUT2D eigenvalue weighted by atomic mass is 9.97. The Hall–Kier alpha value is -3.72. The van der Waals surface area contributed by atoms with Crippen molar-refractivity contribution in [2.75, 3.05) is 25.5 Å². The van der Waals surface area contributed by atoms with E-state index in [1.807, 2.05) is 12.1 Å². The zero-order chi connectivity index (χ0) is 22.1. The van der Waals surface area contributed by atoms with Crippen molar-refractivity contribution in [1.82, 2.24) is 25.1 Å². The molecule has 5 rings (SSSR count). The standard InChI is InChI=1S/C23H21FN6O2/c1-30-6-4-14(5-7-30)23-26-20(13-32-23)22(31)27-21-10-16-8-15(2-3-19(16)28-29-21)17-9-18(24)12-25-11-17/h2-3,8-14H,4-7H2,1H3,(H,27,29,31). The highest BCUT2D eigenvalue weighted by Crippen LogP contribution is 2.27. The van der Waals surface area contributed by atoms with Gasteiger partial charge in [0.25, 0.3) is 5.91 Å². The Morgan fingerprint density at radius 3 is 2.78 bits per heavy atom. The maximum Gasteiger partial charge on any atom is 0.278 e. The first-order chi connectivity index (χ1) is 15.5. The number of aromatic nitrogens is 4. The fraction of sp³-hybridized carbons (Fsp3) is 0.261. The molecular formula is C23H21FN6O2. The van der Waals surface area contributed by atoms with E-state index >= 15 is 0 Å². The van der Waals surface area contributed by atoms with Gasteiger partial charge in [-0.25, -0.2) is 9.37 Å². The third kappa shape index (κ3) is 4.19. The predicted octanol–water partition coefficient (Wildman–Crippen LogP) is 3.88. The quantitative estimate of drug-likeness (QED) is 0.523. The molecule has 0 aliphatic carbocycles. The normalized spacial score (nSPS) is 15.2. The summed E-state index contributed by atoms with van der Waals surface area (Å²) < 4.78 is 19.1. The molecule has 1 amide bonds. The van der Waals surface area contributed by atoms with Gasteiger partial charge in [-0.1, -0.05) is 6.07 Å². The van der Waals surface area contributed by atoms with Crippen molar-refractivity contribution in [1.29, 1.82) is 0 Å². The molecule has 1 aromatic carbocycles. The first-order valence-corrected chi connectivity index (χ1v) is 10.4. The zero-order valence-electron chi connectivity index (χ0n) is 17.5. The van der Waals surface area contributed by atoms with Crippen LogP contribution in [0.1, 0.15) is 35.1 Å². The number of halogens is 1. The largest absolute Gasteiger partial charge is 0.448 e. The number of nitrogens with zero attached hydrogens (tertiary/aromatic N) is 5. The van der Waals surface area contributed by atoms with E-state index < -0.39 is 11.7 Å². The number of likely N-dealkylation sites (tertiary alicyclic amines) is 1. The molecule has 0 saturated carbocycles. The van der Waals surface area contributed by atoms with Crippen LogP contribution in [0.3, 0.4) is 0 Å². The number of nitrogens with one attached hydrogen (secondary N) is 1. The number of carbonyl (C=O) groups is 1. The molecule has 4 aromatic rings. The number of hydrogen-bond donors (Lipinski definition) is 1. The lowest BCUT2D eigenvalue weighted by molar-refractivity contribution is 0.102. The highest BCUT2D eigenvalue weighted by Gasteiger charge is 2.24. The molecule has 1 saturated heterocycles. The predicted molar refractivity (Wildman–Crippen MR) is 117 cm³/mol. The maximum absolute atomic E-state index is 13.5. The van der Waals surface area contributed by atoms with Crippen LogP contribution in [0.15, 0.2) is 53.4 Å². The van der Waals surface area contributed by atoms with Crippen molar-refractivity contribution in [2.24, 2.45) is 0 Å². The van der Waals surface area contributed by atoms with Crippen LogP contribution in [-0.4, -0.2) is 51.1 Å². The number of carbonyl (C=O) groups excluding carboxylic acids is 1. The van der Waals surface area contributed by atoms with Crippen LogP contribution in [0.5, 0.6) is 0 Å². The first-order valence-electron chi connectivity index (χ1n) is 10.4. The Bertz CT molecular complexity index is 1280. The number of oxazole rings is 1. The molecule has 0 radical (unpaired) electrons. The molecule has 9 heteroatoms. The van der Waals surface area contributed by atoms with Gasteiger partial charge in [0.1, 0.15) is 12.1 Å². The highest BCUT2D eigenvalue weighted by molar-refractivity contribution is 6.02. The Kier molecular flexibility index (Phi) is 5.32. The van der Waals surface area contributed by atoms with E-state index in [-0.39, 0.29) is 11.6 Å². The summed E-state index contributed by atoms with van der Waals surface area (Å²) in [6.07, 6.45) is 6.04. The van der Waals surface area contributed by atoms with Crippen LogP contribution < -0.4 is 5.32 Å². The number of benzene rings is 1. The van der Waals surface area contributed by atoms with Gasteiger partial charge in [0.15, 0.2) is 17.4 Å². The maximum atomic E-state index is 13.5. The Morgan fingerprint density at radius 1 is 1.12 bits per heavy atom. The fourth-order valence-electron chi connectivity index (χ4n) is 3.87. The lowest BCUT2D eigenvalue weighted by Gasteiger charge is -2.26. The van der Waals surface area contributed by atoms with Crippen LogP contribution in [0.2, 0.25) is 0 Å². The summed E-state index contributed by atoms with van der Waals surface area (Å²) in [6, 6.07) is 8.60. The van der Waals surface area contributed by atoms with Crippen LogP contribution >= 0.6 is 0 Å². The minimum atomic E-state index is -0.410. The van der Waals surface area contributed by atoms with E-state index in [4.69, 9.17) is 4.42 Å². The molecule has 1 fully saturated rings. The van der Waals surface area contributed by atoms with Crippen molar-refractivity contribution in [2.45, 2.75) is 18.8 Å². The molecule has 1 N–H and O–H groups in total. The number of anilines is 1. The average Bonchev–Trinajstić information content (AvgIpc) is 3.30. The molecule has 8 nitrogen and oxygen atoms in total. The molecule has 4 heterocycles. The molecular weight excluding hydrogens is 411 g/mol. The second kappa shape index (κ2) is 8.43. The second-order valence-corrected chi connectivity index (χ2v) is 8.00. The van der Waals surface area contributed by atoms with Gasteiger partial charge in [-0.2, -0.15) is 0 Å². The number of fused-ring (bicyclic) bond motifs is 1. The van der Waals surface area contributed by atoms with Crippen molar-refractivity contribution in [3.05, 3.63) is 66.4 Å². The minimum absolute atomic E-state index is 0.209. The summed E-state index contributed by atoms with van der Waals surface area (Å²) in [5.41, 5.74) is 2.30. The Morgan fingerprint density at radius 2 is 1.97 bits per heavy atom. The molecule has 1 aliphatic heterocycles. The smallest absolute Gasteiger partial charge is 0.278 e. The molecule has 0 unspecified atom stereocenters. The minimum Gasteiger partial charge on any atom is -0.448 e. The summed E-state index contributed by atoms with van der Waals surface area (Å²) in [4.78, 5) is 23.2. The van der Waals surface area contributed by atoms with Gasteiger partial charge in [0.05, 0.1) is 11.7 Å². The van der Waals surface area contributed by atoms with Crippen molar-refractivity contribution >= 4 is 22.6 Å². The molecule has 0 spiro atoms. The average molecular weight is 432 g/mol. The Labute approximate surface area is 183 Å². The van der Waals surface area contributed by atoms with Crippen LogP contribution in [0.4, 0.5) is 10.2 Å². The van der Waals surface area contributed by atoms with Gasteiger partial charge in [-0.3, -0.25) is 9.78 Å². The first kappa shape index (κ1) is 20.2. The number of piperidine rings is 1. The van der Waals surface area contributed by atoms with Crippen molar-refractivity contribution in [3.8, 4) is 11.1 Å². The van der Waals surface area contributed by atoms with Gasteiger partial charge in [-0.15, -0.1) is 10.2 Å². The van der Waals surface area contributed by atoms with Gasteiger partial charge < -0.3 is 14.6 Å². The topological polar surface area (TPSA) is 97.0 Å². The number of pyridine rings is 1. The van der Waals surface area contributed by atoms with Crippen LogP contribution in [0, 0.1) is 5.82 Å². The summed E-state index contributed by atoms with van der Waals surface area (Å²) in [5.74, 6) is 0.300. The summed E-state index contributed by atoms with van der Waals surface area (Å²) in [5, 5.41) is 11.7. The molecule has 162 valence electrons. The number of hydrogen-bond acceptors (Lipinski definition) is 7. The monoisotopic (exact) mass is 432 g/mol. The molecule has 32 heavy (non-hydrogen) atoms. The molecule has 0 bridgehead atoms. The number of amides is 1. The van der Waals surface area contributed by atoms with E-state index in [0.717, 1.165) is 43.1 Å². The summed E-state index contributed by atoms with van der Waals surface area (Å²) in [6.45, 7) is 1.96. The van der Waals surface area contributed by atoms with Crippen molar-refractivity contribution < 1.29 is 13.6 Å². The van der Waals surface area contributed by atoms with Gasteiger partial charge in [0, 0.05) is 23.1 Å². The lowest BCUT2D eigenvalue weighted by Crippen LogP contribution is -2.29. The van der Waals surface area contributed by atoms with Gasteiger partial charge in [-0.05, 0) is 62.8 Å². The molecule has 1 aliphatic rings. The molecule has 3 aromatic heterocycles. The summed E-state index contributed by atoms with van der Waals surface area (Å²) >= 11 is 0. The van der Waals surface area contributed by atoms with Crippen LogP contribution in [-0.2, 0) is 0 Å². The number of rotatable bonds is 4.